The SMILES string of the molecule is CCC(C)(C)C(=O)OCCO.CCC(C)(C)C(=O)Oc1ccccc1.CCC(C)c1ccc(C(=O)O)cc1.CCC(C)c1ccc(C(=O)O)cc1.CCC(C)c1ccccc1. The Morgan fingerprint density at radius 2 is 0.836 bits per heavy atom. The summed E-state index contributed by atoms with van der Waals surface area (Å²) >= 11 is 0. The van der Waals surface area contributed by atoms with Gasteiger partial charge in [0.15, 0.2) is 0 Å². The predicted molar refractivity (Wildman–Crippen MR) is 248 cm³/mol. The van der Waals surface area contributed by atoms with Crippen molar-refractivity contribution in [3.8, 4) is 5.75 Å². The molecule has 0 aliphatic heterocycles. The van der Waals surface area contributed by atoms with E-state index in [9.17, 15) is 19.2 Å². The Balaban J connectivity index is 0.000000741. The van der Waals surface area contributed by atoms with Gasteiger partial charge in [-0.3, -0.25) is 9.59 Å². The number of carboxylic acids is 2. The summed E-state index contributed by atoms with van der Waals surface area (Å²) in [4.78, 5) is 43.9. The van der Waals surface area contributed by atoms with Gasteiger partial charge in [-0.1, -0.05) is 128 Å². The van der Waals surface area contributed by atoms with Crippen LogP contribution in [-0.2, 0) is 14.3 Å². The Kier molecular flexibility index (Phi) is 27.3. The molecule has 0 heterocycles. The minimum Gasteiger partial charge on any atom is -0.478 e. The van der Waals surface area contributed by atoms with Crippen molar-refractivity contribution in [2.45, 2.75) is 133 Å². The van der Waals surface area contributed by atoms with Gasteiger partial charge in [0.1, 0.15) is 12.4 Å². The molecule has 0 radical (unpaired) electrons. The van der Waals surface area contributed by atoms with Crippen molar-refractivity contribution < 1.29 is 44.0 Å². The lowest BCUT2D eigenvalue weighted by molar-refractivity contribution is -0.155. The summed E-state index contributed by atoms with van der Waals surface area (Å²) in [5.41, 5.74) is 3.73. The minimum atomic E-state index is -0.865. The highest BCUT2D eigenvalue weighted by Crippen LogP contribution is 2.24. The number of rotatable bonds is 15. The van der Waals surface area contributed by atoms with E-state index in [2.05, 4.69) is 71.9 Å². The molecule has 9 heteroatoms. The number of aliphatic hydroxyl groups is 1. The summed E-state index contributed by atoms with van der Waals surface area (Å²) in [5.74, 6) is 0.178. The van der Waals surface area contributed by atoms with Crippen LogP contribution in [0.3, 0.4) is 0 Å². The van der Waals surface area contributed by atoms with Gasteiger partial charge in [-0.25, -0.2) is 9.59 Å². The molecule has 9 nitrogen and oxygen atoms in total. The van der Waals surface area contributed by atoms with Gasteiger partial charge in [0.2, 0.25) is 0 Å². The van der Waals surface area contributed by atoms with Crippen LogP contribution in [0.25, 0.3) is 0 Å². The van der Waals surface area contributed by atoms with Crippen LogP contribution < -0.4 is 4.74 Å². The Hall–Kier alpha value is -5.28. The summed E-state index contributed by atoms with van der Waals surface area (Å²) in [6, 6.07) is 34.0. The third kappa shape index (κ3) is 22.2. The number of esters is 2. The zero-order valence-electron chi connectivity index (χ0n) is 38.9. The summed E-state index contributed by atoms with van der Waals surface area (Å²) in [7, 11) is 0. The Bertz CT molecular complexity index is 1740. The van der Waals surface area contributed by atoms with E-state index in [1.54, 1.807) is 36.4 Å². The summed E-state index contributed by atoms with van der Waals surface area (Å²) in [6.45, 7) is 24.3. The lowest BCUT2D eigenvalue weighted by atomic mass is 9.91. The molecule has 61 heavy (non-hydrogen) atoms. The number of hydrogen-bond donors (Lipinski definition) is 3. The normalized spacial score (nSPS) is 12.0. The largest absolute Gasteiger partial charge is 0.478 e. The molecule has 336 valence electrons. The first kappa shape index (κ1) is 55.7. The van der Waals surface area contributed by atoms with E-state index >= 15 is 0 Å². The highest BCUT2D eigenvalue weighted by molar-refractivity contribution is 5.88. The maximum absolute atomic E-state index is 11.6. The summed E-state index contributed by atoms with van der Waals surface area (Å²) in [6.07, 6.45) is 4.90. The second-order valence-electron chi connectivity index (χ2n) is 16.2. The first-order valence-electron chi connectivity index (χ1n) is 21.5. The van der Waals surface area contributed by atoms with Gasteiger partial charge in [0, 0.05) is 0 Å². The topological polar surface area (TPSA) is 147 Å². The molecule has 4 aromatic carbocycles. The van der Waals surface area contributed by atoms with Crippen molar-refractivity contribution in [2.24, 2.45) is 10.8 Å². The Morgan fingerprint density at radius 3 is 1.15 bits per heavy atom. The van der Waals surface area contributed by atoms with E-state index in [0.717, 1.165) is 25.7 Å². The van der Waals surface area contributed by atoms with Gasteiger partial charge in [-0.05, 0) is 131 Å². The molecule has 0 fully saturated rings. The van der Waals surface area contributed by atoms with Gasteiger partial charge in [0.05, 0.1) is 28.6 Å². The van der Waals surface area contributed by atoms with Crippen LogP contribution in [0.4, 0.5) is 0 Å². The first-order valence-corrected chi connectivity index (χ1v) is 21.5. The van der Waals surface area contributed by atoms with Gasteiger partial charge in [0.25, 0.3) is 0 Å². The number of carboxylic acid groups (broad SMARTS) is 2. The maximum Gasteiger partial charge on any atom is 0.335 e. The fourth-order valence-electron chi connectivity index (χ4n) is 4.75. The monoisotopic (exact) mass is 843 g/mol. The summed E-state index contributed by atoms with van der Waals surface area (Å²) < 4.78 is 9.99. The number of aromatic carboxylic acids is 2. The van der Waals surface area contributed by atoms with E-state index in [0.29, 0.717) is 34.6 Å². The molecule has 0 saturated carbocycles. The van der Waals surface area contributed by atoms with Crippen LogP contribution in [0, 0.1) is 10.8 Å². The molecule has 4 rings (SSSR count). The first-order chi connectivity index (χ1) is 28.7. The van der Waals surface area contributed by atoms with Crippen molar-refractivity contribution in [1.29, 1.82) is 0 Å². The van der Waals surface area contributed by atoms with Crippen molar-refractivity contribution in [2.75, 3.05) is 13.2 Å². The van der Waals surface area contributed by atoms with E-state index in [1.807, 2.05) is 84.0 Å². The number of carbonyl (C=O) groups is 4. The van der Waals surface area contributed by atoms with Gasteiger partial charge in [-0.15, -0.1) is 0 Å². The number of carbonyl (C=O) groups excluding carboxylic acids is 2. The molecule has 0 aromatic heterocycles. The quantitative estimate of drug-likeness (QED) is 0.0785. The van der Waals surface area contributed by atoms with Crippen molar-refractivity contribution >= 4 is 23.9 Å². The van der Waals surface area contributed by atoms with E-state index in [1.165, 1.54) is 23.1 Å². The lowest BCUT2D eigenvalue weighted by Crippen LogP contribution is -2.28. The highest BCUT2D eigenvalue weighted by Gasteiger charge is 2.28. The van der Waals surface area contributed by atoms with E-state index in [4.69, 9.17) is 24.8 Å². The molecule has 0 saturated heterocycles. The zero-order valence-corrected chi connectivity index (χ0v) is 38.9. The molecule has 4 aromatic rings. The van der Waals surface area contributed by atoms with Crippen LogP contribution in [-0.4, -0.2) is 52.4 Å². The van der Waals surface area contributed by atoms with Crippen LogP contribution in [0.2, 0.25) is 0 Å². The smallest absolute Gasteiger partial charge is 0.335 e. The number of hydrogen-bond acceptors (Lipinski definition) is 7. The number of para-hydroxylation sites is 1. The Morgan fingerprint density at radius 1 is 0.508 bits per heavy atom. The molecule has 0 bridgehead atoms. The maximum atomic E-state index is 11.6. The van der Waals surface area contributed by atoms with E-state index < -0.39 is 22.8 Å². The highest BCUT2D eigenvalue weighted by atomic mass is 16.5. The molecule has 3 atom stereocenters. The van der Waals surface area contributed by atoms with Gasteiger partial charge < -0.3 is 24.8 Å². The number of ether oxygens (including phenoxy) is 2. The van der Waals surface area contributed by atoms with Gasteiger partial charge in [-0.2, -0.15) is 0 Å². The Labute approximate surface area is 366 Å². The fourth-order valence-corrected chi connectivity index (χ4v) is 4.75. The minimum absolute atomic E-state index is 0.0995. The molecule has 3 N–H and O–H groups in total. The average Bonchev–Trinajstić information content (AvgIpc) is 3.28. The molecule has 0 aliphatic carbocycles. The van der Waals surface area contributed by atoms with Crippen LogP contribution in [0.15, 0.2) is 109 Å². The molecule has 0 aliphatic rings. The van der Waals surface area contributed by atoms with Crippen molar-refractivity contribution in [1.82, 2.24) is 0 Å². The molecule has 0 spiro atoms. The molecule has 3 unspecified atom stereocenters. The molecular weight excluding hydrogens is 769 g/mol. The third-order valence-corrected chi connectivity index (χ3v) is 10.8. The standard InChI is InChI=1S/C12H16O2.2C11H14O2.C10H14.C8H16O3/c1-4-12(2,3)11(13)14-10-8-6-5-7-9-10;2*1-3-8(2)9-4-6-10(7-5-9)11(12)13;1-3-9(2)10-7-5-4-6-8-10;1-4-8(2,3)7(10)11-6-5-9/h5-9H,4H2,1-3H3;2*4-8H,3H2,1-2H3,(H,12,13);4-9H,3H2,1-2H3;9H,4-6H2,1-3H3. The van der Waals surface area contributed by atoms with Crippen LogP contribution in [0.1, 0.15) is 170 Å². The number of benzene rings is 4. The second kappa shape index (κ2) is 29.9. The van der Waals surface area contributed by atoms with Crippen molar-refractivity contribution in [3.63, 3.8) is 0 Å². The second-order valence-corrected chi connectivity index (χ2v) is 16.2. The van der Waals surface area contributed by atoms with Crippen LogP contribution >= 0.6 is 0 Å². The summed E-state index contributed by atoms with van der Waals surface area (Å²) in [5, 5.41) is 25.7. The fraction of sp³-hybridized carbons (Fsp3) is 0.462. The third-order valence-electron chi connectivity index (χ3n) is 10.8. The lowest BCUT2D eigenvalue weighted by Gasteiger charge is -2.19. The molecular formula is C52H74O9. The average molecular weight is 843 g/mol. The zero-order chi connectivity index (χ0) is 46.6. The number of aliphatic hydroxyl groups excluding tert-OH is 1. The van der Waals surface area contributed by atoms with Gasteiger partial charge >= 0.3 is 23.9 Å². The van der Waals surface area contributed by atoms with Crippen LogP contribution in [0.5, 0.6) is 5.75 Å². The predicted octanol–water partition coefficient (Wildman–Crippen LogP) is 13.0. The van der Waals surface area contributed by atoms with Crippen molar-refractivity contribution in [3.05, 3.63) is 137 Å². The van der Waals surface area contributed by atoms with E-state index in [-0.39, 0.29) is 25.2 Å². The molecule has 0 amide bonds.